The Morgan fingerprint density at radius 3 is 2.77 bits per heavy atom. The van der Waals surface area contributed by atoms with Gasteiger partial charge in [0.15, 0.2) is 0 Å². The van der Waals surface area contributed by atoms with Crippen LogP contribution in [0.5, 0.6) is 0 Å². The van der Waals surface area contributed by atoms with Crippen LogP contribution in [0.15, 0.2) is 6.07 Å². The molecule has 0 aliphatic heterocycles. The van der Waals surface area contributed by atoms with Gasteiger partial charge in [0, 0.05) is 18.7 Å². The Morgan fingerprint density at radius 2 is 2.15 bits per heavy atom. The summed E-state index contributed by atoms with van der Waals surface area (Å²) in [5.41, 5.74) is 7.48. The number of nitrogens with zero attached hydrogens (tertiary/aromatic N) is 2. The minimum atomic E-state index is 0.502. The summed E-state index contributed by atoms with van der Waals surface area (Å²) in [4.78, 5) is 8.71. The van der Waals surface area contributed by atoms with Crippen molar-refractivity contribution >= 4 is 0 Å². The third-order valence-electron chi connectivity index (χ3n) is 1.92. The molecule has 0 unspecified atom stereocenters. The quantitative estimate of drug-likeness (QED) is 0.763. The normalized spacial score (nSPS) is 10.4. The first kappa shape index (κ1) is 10.1. The maximum atomic E-state index is 5.53. The van der Waals surface area contributed by atoms with E-state index in [0.29, 0.717) is 6.54 Å². The third kappa shape index (κ3) is 3.11. The smallest absolute Gasteiger partial charge is 0.128 e. The third-order valence-corrected chi connectivity index (χ3v) is 1.92. The van der Waals surface area contributed by atoms with Gasteiger partial charge in [-0.1, -0.05) is 13.3 Å². The van der Waals surface area contributed by atoms with Crippen LogP contribution in [-0.2, 0) is 13.0 Å². The Labute approximate surface area is 79.4 Å². The maximum absolute atomic E-state index is 5.53. The van der Waals surface area contributed by atoms with Gasteiger partial charge >= 0.3 is 0 Å². The topological polar surface area (TPSA) is 51.8 Å². The molecule has 13 heavy (non-hydrogen) atoms. The molecule has 1 rings (SSSR count). The van der Waals surface area contributed by atoms with Crippen LogP contribution in [0.25, 0.3) is 0 Å². The molecule has 0 saturated heterocycles. The second-order valence-electron chi connectivity index (χ2n) is 3.22. The van der Waals surface area contributed by atoms with E-state index in [-0.39, 0.29) is 0 Å². The van der Waals surface area contributed by atoms with Crippen LogP contribution in [0.3, 0.4) is 0 Å². The Kier molecular flexibility index (Phi) is 3.83. The van der Waals surface area contributed by atoms with E-state index in [0.717, 1.165) is 30.1 Å². The number of hydrogen-bond donors (Lipinski definition) is 1. The summed E-state index contributed by atoms with van der Waals surface area (Å²) < 4.78 is 0. The molecule has 3 nitrogen and oxygen atoms in total. The Hall–Kier alpha value is -0.960. The summed E-state index contributed by atoms with van der Waals surface area (Å²) >= 11 is 0. The Bertz CT molecular complexity index is 271. The minimum Gasteiger partial charge on any atom is -0.325 e. The number of rotatable bonds is 4. The molecule has 0 saturated carbocycles. The molecule has 0 radical (unpaired) electrons. The van der Waals surface area contributed by atoms with Gasteiger partial charge in [0.05, 0.1) is 5.69 Å². The minimum absolute atomic E-state index is 0.502. The first-order chi connectivity index (χ1) is 6.26. The zero-order valence-corrected chi connectivity index (χ0v) is 8.38. The second-order valence-corrected chi connectivity index (χ2v) is 3.22. The summed E-state index contributed by atoms with van der Waals surface area (Å²) in [6.07, 6.45) is 3.29. The summed E-state index contributed by atoms with van der Waals surface area (Å²) in [6, 6.07) is 1.94. The summed E-state index contributed by atoms with van der Waals surface area (Å²) in [6.45, 7) is 4.65. The van der Waals surface area contributed by atoms with Gasteiger partial charge in [-0.15, -0.1) is 0 Å². The zero-order chi connectivity index (χ0) is 9.68. The molecule has 0 spiro atoms. The van der Waals surface area contributed by atoms with Crippen molar-refractivity contribution in [1.29, 1.82) is 0 Å². The highest BCUT2D eigenvalue weighted by molar-refractivity contribution is 5.09. The molecule has 72 valence electrons. The predicted octanol–water partition coefficient (Wildman–Crippen LogP) is 1.59. The molecule has 1 aromatic rings. The van der Waals surface area contributed by atoms with E-state index in [2.05, 4.69) is 16.9 Å². The SMILES string of the molecule is CCCCc1nc(C)cc(CN)n1. The van der Waals surface area contributed by atoms with Gasteiger partial charge in [0.2, 0.25) is 0 Å². The van der Waals surface area contributed by atoms with Crippen molar-refractivity contribution in [3.8, 4) is 0 Å². The monoisotopic (exact) mass is 179 g/mol. The molecule has 0 bridgehead atoms. The number of unbranched alkanes of at least 4 members (excludes halogenated alkanes) is 1. The van der Waals surface area contributed by atoms with Crippen molar-refractivity contribution in [3.05, 3.63) is 23.3 Å². The average Bonchev–Trinajstić information content (AvgIpc) is 2.14. The van der Waals surface area contributed by atoms with Gasteiger partial charge in [0.25, 0.3) is 0 Å². The second kappa shape index (κ2) is 4.92. The molecule has 0 aliphatic rings. The highest BCUT2D eigenvalue weighted by Crippen LogP contribution is 2.03. The van der Waals surface area contributed by atoms with E-state index in [1.165, 1.54) is 6.42 Å². The molecule has 0 fully saturated rings. The lowest BCUT2D eigenvalue weighted by Gasteiger charge is -2.03. The fraction of sp³-hybridized carbons (Fsp3) is 0.600. The lowest BCUT2D eigenvalue weighted by atomic mass is 10.2. The summed E-state index contributed by atoms with van der Waals surface area (Å²) in [5.74, 6) is 0.933. The van der Waals surface area contributed by atoms with Crippen LogP contribution >= 0.6 is 0 Å². The van der Waals surface area contributed by atoms with E-state index >= 15 is 0 Å². The number of nitrogens with two attached hydrogens (primary N) is 1. The average molecular weight is 179 g/mol. The number of aryl methyl sites for hydroxylation is 2. The molecule has 1 aromatic heterocycles. The van der Waals surface area contributed by atoms with Gasteiger partial charge in [-0.25, -0.2) is 9.97 Å². The van der Waals surface area contributed by atoms with Crippen LogP contribution in [-0.4, -0.2) is 9.97 Å². The largest absolute Gasteiger partial charge is 0.325 e. The molecule has 0 aliphatic carbocycles. The van der Waals surface area contributed by atoms with Crippen molar-refractivity contribution in [1.82, 2.24) is 9.97 Å². The lowest BCUT2D eigenvalue weighted by molar-refractivity contribution is 0.737. The molecule has 2 N–H and O–H groups in total. The fourth-order valence-corrected chi connectivity index (χ4v) is 1.25. The van der Waals surface area contributed by atoms with Gasteiger partial charge in [-0.3, -0.25) is 0 Å². The van der Waals surface area contributed by atoms with Crippen molar-refractivity contribution in [2.45, 2.75) is 39.7 Å². The molecular formula is C10H17N3. The van der Waals surface area contributed by atoms with Gasteiger partial charge < -0.3 is 5.73 Å². The van der Waals surface area contributed by atoms with Crippen LogP contribution in [0, 0.1) is 6.92 Å². The van der Waals surface area contributed by atoms with Crippen LogP contribution < -0.4 is 5.73 Å². The number of hydrogen-bond acceptors (Lipinski definition) is 3. The highest BCUT2D eigenvalue weighted by Gasteiger charge is 1.99. The predicted molar refractivity (Wildman–Crippen MR) is 53.3 cm³/mol. The van der Waals surface area contributed by atoms with E-state index < -0.39 is 0 Å². The molecule has 0 amide bonds. The maximum Gasteiger partial charge on any atom is 0.128 e. The lowest BCUT2D eigenvalue weighted by Crippen LogP contribution is -2.05. The van der Waals surface area contributed by atoms with Gasteiger partial charge in [-0.2, -0.15) is 0 Å². The van der Waals surface area contributed by atoms with Gasteiger partial charge in [-0.05, 0) is 19.4 Å². The molecule has 0 aromatic carbocycles. The van der Waals surface area contributed by atoms with Crippen LogP contribution in [0.1, 0.15) is 37.0 Å². The Morgan fingerprint density at radius 1 is 1.38 bits per heavy atom. The van der Waals surface area contributed by atoms with E-state index in [4.69, 9.17) is 5.73 Å². The summed E-state index contributed by atoms with van der Waals surface area (Å²) in [7, 11) is 0. The van der Waals surface area contributed by atoms with Crippen LogP contribution in [0.4, 0.5) is 0 Å². The van der Waals surface area contributed by atoms with E-state index in [1.807, 2.05) is 13.0 Å². The number of aromatic nitrogens is 2. The molecule has 0 atom stereocenters. The highest BCUT2D eigenvalue weighted by atomic mass is 14.9. The van der Waals surface area contributed by atoms with E-state index in [1.54, 1.807) is 0 Å². The van der Waals surface area contributed by atoms with Crippen molar-refractivity contribution in [2.75, 3.05) is 0 Å². The first-order valence-electron chi connectivity index (χ1n) is 4.79. The van der Waals surface area contributed by atoms with Crippen molar-refractivity contribution in [3.63, 3.8) is 0 Å². The fourth-order valence-electron chi connectivity index (χ4n) is 1.25. The first-order valence-corrected chi connectivity index (χ1v) is 4.79. The molecule has 1 heterocycles. The van der Waals surface area contributed by atoms with Crippen molar-refractivity contribution < 1.29 is 0 Å². The van der Waals surface area contributed by atoms with E-state index in [9.17, 15) is 0 Å². The molecular weight excluding hydrogens is 162 g/mol. The van der Waals surface area contributed by atoms with Crippen molar-refractivity contribution in [2.24, 2.45) is 5.73 Å². The summed E-state index contributed by atoms with van der Waals surface area (Å²) in [5, 5.41) is 0. The molecule has 3 heteroatoms. The van der Waals surface area contributed by atoms with Crippen LogP contribution in [0.2, 0.25) is 0 Å². The zero-order valence-electron chi connectivity index (χ0n) is 8.38. The Balaban J connectivity index is 2.76. The van der Waals surface area contributed by atoms with Gasteiger partial charge in [0.1, 0.15) is 5.82 Å². The standard InChI is InChI=1S/C10H17N3/c1-3-4-5-10-12-8(2)6-9(7-11)13-10/h6H,3-5,7,11H2,1-2H3.